The Hall–Kier alpha value is -1.75. The minimum Gasteiger partial charge on any atom is -0.497 e. The highest BCUT2D eigenvalue weighted by molar-refractivity contribution is 5.68. The van der Waals surface area contributed by atoms with E-state index < -0.39 is 0 Å². The predicted octanol–water partition coefficient (Wildman–Crippen LogP) is 3.01. The number of ether oxygens (including phenoxy) is 3. The van der Waals surface area contributed by atoms with Crippen molar-refractivity contribution in [2.45, 2.75) is 25.3 Å². The molecule has 5 heteroatoms. The molecule has 0 aromatic heterocycles. The number of amides is 1. The maximum atomic E-state index is 12.2. The van der Waals surface area contributed by atoms with Gasteiger partial charge in [-0.25, -0.2) is 4.79 Å². The Balaban J connectivity index is 2.08. The van der Waals surface area contributed by atoms with E-state index in [0.717, 1.165) is 37.1 Å². The van der Waals surface area contributed by atoms with Gasteiger partial charge in [-0.3, -0.25) is 0 Å². The molecule has 2 rings (SSSR count). The van der Waals surface area contributed by atoms with E-state index in [0.29, 0.717) is 6.61 Å². The van der Waals surface area contributed by atoms with E-state index in [1.54, 1.807) is 14.2 Å². The Bertz CT molecular complexity index is 463. The van der Waals surface area contributed by atoms with Crippen molar-refractivity contribution in [3.8, 4) is 5.75 Å². The number of benzene rings is 1. The lowest BCUT2D eigenvalue weighted by Gasteiger charge is -2.35. The standard InChI is InChI=1S/C16H23NO4/c1-19-10-11-21-16(18)17-9-4-3-8-15(17)13-6-5-7-14(12-13)20-2/h5-7,12,15H,3-4,8-11H2,1-2H3. The lowest BCUT2D eigenvalue weighted by atomic mass is 9.95. The van der Waals surface area contributed by atoms with E-state index in [4.69, 9.17) is 14.2 Å². The fraction of sp³-hybridized carbons (Fsp3) is 0.562. The van der Waals surface area contributed by atoms with Crippen molar-refractivity contribution in [1.82, 2.24) is 4.90 Å². The van der Waals surface area contributed by atoms with E-state index in [-0.39, 0.29) is 18.7 Å². The third kappa shape index (κ3) is 4.11. The normalized spacial score (nSPS) is 18.4. The lowest BCUT2D eigenvalue weighted by Crippen LogP contribution is -2.39. The number of hydrogen-bond acceptors (Lipinski definition) is 4. The SMILES string of the molecule is COCCOC(=O)N1CCCCC1c1cccc(OC)c1. The van der Waals surface area contributed by atoms with Crippen LogP contribution in [0.5, 0.6) is 5.75 Å². The smallest absolute Gasteiger partial charge is 0.410 e. The van der Waals surface area contributed by atoms with Gasteiger partial charge in [-0.05, 0) is 37.0 Å². The highest BCUT2D eigenvalue weighted by atomic mass is 16.6. The Kier molecular flexibility index (Phi) is 5.87. The van der Waals surface area contributed by atoms with Crippen molar-refractivity contribution in [1.29, 1.82) is 0 Å². The number of methoxy groups -OCH3 is 2. The maximum Gasteiger partial charge on any atom is 0.410 e. The molecule has 0 bridgehead atoms. The highest BCUT2D eigenvalue weighted by Gasteiger charge is 2.29. The molecule has 0 spiro atoms. The number of carbonyl (C=O) groups excluding carboxylic acids is 1. The summed E-state index contributed by atoms with van der Waals surface area (Å²) >= 11 is 0. The van der Waals surface area contributed by atoms with Gasteiger partial charge in [0.2, 0.25) is 0 Å². The van der Waals surface area contributed by atoms with Crippen LogP contribution in [0.2, 0.25) is 0 Å². The van der Waals surface area contributed by atoms with Crippen molar-refractivity contribution < 1.29 is 19.0 Å². The molecule has 1 heterocycles. The quantitative estimate of drug-likeness (QED) is 0.783. The van der Waals surface area contributed by atoms with Gasteiger partial charge >= 0.3 is 6.09 Å². The third-order valence-corrected chi connectivity index (χ3v) is 3.73. The van der Waals surface area contributed by atoms with Crippen molar-refractivity contribution in [2.24, 2.45) is 0 Å². The molecule has 0 radical (unpaired) electrons. The van der Waals surface area contributed by atoms with Gasteiger partial charge in [-0.15, -0.1) is 0 Å². The van der Waals surface area contributed by atoms with E-state index in [9.17, 15) is 4.79 Å². The van der Waals surface area contributed by atoms with Crippen molar-refractivity contribution in [3.63, 3.8) is 0 Å². The average Bonchev–Trinajstić information content (AvgIpc) is 2.55. The minimum absolute atomic E-state index is 0.0592. The summed E-state index contributed by atoms with van der Waals surface area (Å²) < 4.78 is 15.4. The summed E-state index contributed by atoms with van der Waals surface area (Å²) in [5, 5.41) is 0. The largest absolute Gasteiger partial charge is 0.497 e. The van der Waals surface area contributed by atoms with Gasteiger partial charge < -0.3 is 19.1 Å². The number of piperidine rings is 1. The van der Waals surface area contributed by atoms with Crippen LogP contribution in [-0.2, 0) is 9.47 Å². The molecule has 5 nitrogen and oxygen atoms in total. The summed E-state index contributed by atoms with van der Waals surface area (Å²) in [6.07, 6.45) is 2.82. The van der Waals surface area contributed by atoms with E-state index in [2.05, 4.69) is 0 Å². The molecule has 0 aliphatic carbocycles. The van der Waals surface area contributed by atoms with Gasteiger partial charge in [0.1, 0.15) is 12.4 Å². The summed E-state index contributed by atoms with van der Waals surface area (Å²) in [6, 6.07) is 7.95. The van der Waals surface area contributed by atoms with Crippen molar-refractivity contribution >= 4 is 6.09 Å². The van der Waals surface area contributed by atoms with E-state index >= 15 is 0 Å². The molecule has 1 aliphatic rings. The van der Waals surface area contributed by atoms with Crippen LogP contribution in [0.4, 0.5) is 4.79 Å². The predicted molar refractivity (Wildman–Crippen MR) is 79.5 cm³/mol. The minimum atomic E-state index is -0.264. The van der Waals surface area contributed by atoms with Gasteiger partial charge in [0.25, 0.3) is 0 Å². The fourth-order valence-corrected chi connectivity index (χ4v) is 2.64. The molecule has 1 saturated heterocycles. The molecule has 1 aromatic carbocycles. The number of nitrogens with zero attached hydrogens (tertiary/aromatic N) is 1. The molecular formula is C16H23NO4. The molecular weight excluding hydrogens is 270 g/mol. The summed E-state index contributed by atoms with van der Waals surface area (Å²) in [7, 11) is 3.24. The van der Waals surface area contributed by atoms with Gasteiger partial charge in [0.15, 0.2) is 0 Å². The highest BCUT2D eigenvalue weighted by Crippen LogP contribution is 2.32. The molecule has 1 amide bonds. The number of carbonyl (C=O) groups is 1. The molecule has 1 aromatic rings. The molecule has 0 N–H and O–H groups in total. The van der Waals surface area contributed by atoms with Crippen molar-refractivity contribution in [3.05, 3.63) is 29.8 Å². The molecule has 1 atom stereocenters. The Morgan fingerprint density at radius 1 is 1.29 bits per heavy atom. The van der Waals surface area contributed by atoms with Crippen LogP contribution in [0.25, 0.3) is 0 Å². The van der Waals surface area contributed by atoms with Crippen LogP contribution in [0, 0.1) is 0 Å². The van der Waals surface area contributed by atoms with Crippen LogP contribution >= 0.6 is 0 Å². The molecule has 1 unspecified atom stereocenters. The first-order valence-electron chi connectivity index (χ1n) is 7.32. The van der Waals surface area contributed by atoms with Crippen LogP contribution in [-0.4, -0.2) is 45.0 Å². The zero-order chi connectivity index (χ0) is 15.1. The Morgan fingerprint density at radius 3 is 2.90 bits per heavy atom. The fourth-order valence-electron chi connectivity index (χ4n) is 2.64. The van der Waals surface area contributed by atoms with Crippen LogP contribution < -0.4 is 4.74 Å². The van der Waals surface area contributed by atoms with Gasteiger partial charge in [-0.1, -0.05) is 12.1 Å². The van der Waals surface area contributed by atoms with Gasteiger partial charge in [-0.2, -0.15) is 0 Å². The van der Waals surface area contributed by atoms with Crippen LogP contribution in [0.3, 0.4) is 0 Å². The first-order valence-corrected chi connectivity index (χ1v) is 7.32. The lowest BCUT2D eigenvalue weighted by molar-refractivity contribution is 0.0522. The molecule has 0 saturated carbocycles. The maximum absolute atomic E-state index is 12.2. The number of rotatable bonds is 5. The van der Waals surface area contributed by atoms with Gasteiger partial charge in [0, 0.05) is 13.7 Å². The summed E-state index contributed by atoms with van der Waals surface area (Å²) in [5.41, 5.74) is 1.10. The molecule has 21 heavy (non-hydrogen) atoms. The second-order valence-electron chi connectivity index (χ2n) is 5.09. The van der Waals surface area contributed by atoms with Crippen molar-refractivity contribution in [2.75, 3.05) is 34.0 Å². The first kappa shape index (κ1) is 15.6. The summed E-state index contributed by atoms with van der Waals surface area (Å²) in [4.78, 5) is 14.0. The van der Waals surface area contributed by atoms with Gasteiger partial charge in [0.05, 0.1) is 19.8 Å². The topological polar surface area (TPSA) is 48.0 Å². The number of likely N-dealkylation sites (tertiary alicyclic amines) is 1. The molecule has 1 aliphatic heterocycles. The monoisotopic (exact) mass is 293 g/mol. The summed E-state index contributed by atoms with van der Waals surface area (Å²) in [5.74, 6) is 0.811. The zero-order valence-corrected chi connectivity index (χ0v) is 12.7. The van der Waals surface area contributed by atoms with Crippen LogP contribution in [0.15, 0.2) is 24.3 Å². The Labute approximate surface area is 125 Å². The number of hydrogen-bond donors (Lipinski definition) is 0. The zero-order valence-electron chi connectivity index (χ0n) is 12.7. The Morgan fingerprint density at radius 2 is 2.14 bits per heavy atom. The summed E-state index contributed by atoms with van der Waals surface area (Å²) in [6.45, 7) is 1.44. The first-order chi connectivity index (χ1) is 10.3. The average molecular weight is 293 g/mol. The van der Waals surface area contributed by atoms with E-state index in [1.807, 2.05) is 29.2 Å². The third-order valence-electron chi connectivity index (χ3n) is 3.73. The molecule has 1 fully saturated rings. The van der Waals surface area contributed by atoms with Crippen LogP contribution in [0.1, 0.15) is 30.9 Å². The second-order valence-corrected chi connectivity index (χ2v) is 5.09. The second kappa shape index (κ2) is 7.88. The van der Waals surface area contributed by atoms with E-state index in [1.165, 1.54) is 0 Å². The molecule has 116 valence electrons.